The van der Waals surface area contributed by atoms with Gasteiger partial charge in [0.15, 0.2) is 5.82 Å². The summed E-state index contributed by atoms with van der Waals surface area (Å²) in [6.45, 7) is 2.48. The van der Waals surface area contributed by atoms with Gasteiger partial charge in [-0.3, -0.25) is 5.10 Å². The molecule has 0 amide bonds. The molecule has 0 unspecified atom stereocenters. The molecule has 6 heteroatoms. The molecule has 21 heavy (non-hydrogen) atoms. The predicted molar refractivity (Wildman–Crippen MR) is 83.7 cm³/mol. The van der Waals surface area contributed by atoms with Gasteiger partial charge in [0.1, 0.15) is 17.4 Å². The average molecular weight is 298 g/mol. The zero-order valence-corrected chi connectivity index (χ0v) is 12.5. The number of thiophene rings is 1. The van der Waals surface area contributed by atoms with Crippen molar-refractivity contribution >= 4 is 27.2 Å². The number of hydrogen-bond donors (Lipinski definition) is 2. The van der Waals surface area contributed by atoms with E-state index in [0.29, 0.717) is 17.9 Å². The van der Waals surface area contributed by atoms with Crippen LogP contribution in [0.4, 0.5) is 5.82 Å². The molecule has 0 spiro atoms. The molecule has 0 radical (unpaired) electrons. The lowest BCUT2D eigenvalue weighted by Crippen LogP contribution is -1.99. The number of aromatic nitrogens is 2. The lowest BCUT2D eigenvalue weighted by Gasteiger charge is -2.00. The Morgan fingerprint density at radius 1 is 1.43 bits per heavy atom. The van der Waals surface area contributed by atoms with E-state index in [4.69, 9.17) is 10.00 Å². The van der Waals surface area contributed by atoms with Crippen molar-refractivity contribution in [1.82, 2.24) is 10.2 Å². The number of fused-ring (bicyclic) bond motifs is 1. The van der Waals surface area contributed by atoms with E-state index in [9.17, 15) is 0 Å². The lowest BCUT2D eigenvalue weighted by atomic mass is 10.2. The maximum absolute atomic E-state index is 9.10. The minimum Gasteiger partial charge on any atom is -0.497 e. The number of hydrogen-bond acceptors (Lipinski definition) is 5. The lowest BCUT2D eigenvalue weighted by molar-refractivity contribution is 0.415. The van der Waals surface area contributed by atoms with Crippen molar-refractivity contribution in [3.05, 3.63) is 40.4 Å². The molecule has 1 aromatic carbocycles. The van der Waals surface area contributed by atoms with Crippen LogP contribution < -0.4 is 10.1 Å². The maximum Gasteiger partial charge on any atom is 0.166 e. The molecule has 3 rings (SSSR count). The Morgan fingerprint density at radius 2 is 2.29 bits per heavy atom. The molecule has 5 nitrogen and oxygen atoms in total. The van der Waals surface area contributed by atoms with Crippen molar-refractivity contribution in [2.24, 2.45) is 0 Å². The number of ether oxygens (including phenoxy) is 1. The standard InChI is InChI=1S/C15H14N4OS/c1-9-13(7-16)15(19-18-9)17-8-12-6-10-5-11(20-2)3-4-14(10)21-12/h3-6H,8H2,1-2H3,(H2,17,18,19). The molecule has 0 atom stereocenters. The first-order chi connectivity index (χ1) is 10.2. The van der Waals surface area contributed by atoms with Crippen LogP contribution in [0.5, 0.6) is 5.75 Å². The number of nitrogens with zero attached hydrogens (tertiary/aromatic N) is 2. The second-order valence-corrected chi connectivity index (χ2v) is 5.82. The van der Waals surface area contributed by atoms with Gasteiger partial charge in [0.05, 0.1) is 19.3 Å². The summed E-state index contributed by atoms with van der Waals surface area (Å²) in [6.07, 6.45) is 0. The van der Waals surface area contributed by atoms with E-state index in [1.54, 1.807) is 18.4 Å². The zero-order valence-electron chi connectivity index (χ0n) is 11.7. The molecule has 0 aliphatic carbocycles. The van der Waals surface area contributed by atoms with Crippen molar-refractivity contribution in [2.45, 2.75) is 13.5 Å². The van der Waals surface area contributed by atoms with Crippen molar-refractivity contribution < 1.29 is 4.74 Å². The highest BCUT2D eigenvalue weighted by Gasteiger charge is 2.10. The summed E-state index contributed by atoms with van der Waals surface area (Å²) < 4.78 is 6.45. The van der Waals surface area contributed by atoms with Crippen LogP contribution in [0.1, 0.15) is 16.1 Å². The van der Waals surface area contributed by atoms with Gasteiger partial charge in [0.25, 0.3) is 0 Å². The third-order valence-electron chi connectivity index (χ3n) is 3.26. The molecule has 0 fully saturated rings. The highest BCUT2D eigenvalue weighted by atomic mass is 32.1. The molecule has 3 aromatic rings. The number of aryl methyl sites for hydroxylation is 1. The number of rotatable bonds is 4. The van der Waals surface area contributed by atoms with Gasteiger partial charge in [0, 0.05) is 9.58 Å². The monoisotopic (exact) mass is 298 g/mol. The molecule has 0 saturated carbocycles. The van der Waals surface area contributed by atoms with Crippen molar-refractivity contribution in [2.75, 3.05) is 12.4 Å². The van der Waals surface area contributed by atoms with Crippen LogP contribution in [0.15, 0.2) is 24.3 Å². The molecule has 2 aromatic heterocycles. The second-order valence-electron chi connectivity index (χ2n) is 4.65. The second kappa shape index (κ2) is 5.46. The highest BCUT2D eigenvalue weighted by molar-refractivity contribution is 7.19. The Balaban J connectivity index is 1.80. The Morgan fingerprint density at radius 3 is 3.05 bits per heavy atom. The minimum absolute atomic E-state index is 0.567. The summed E-state index contributed by atoms with van der Waals surface area (Å²) in [4.78, 5) is 1.18. The van der Waals surface area contributed by atoms with Gasteiger partial charge >= 0.3 is 0 Å². The van der Waals surface area contributed by atoms with Crippen molar-refractivity contribution in [3.8, 4) is 11.8 Å². The van der Waals surface area contributed by atoms with Gasteiger partial charge in [-0.25, -0.2) is 0 Å². The van der Waals surface area contributed by atoms with E-state index in [1.165, 1.54) is 9.58 Å². The molecular formula is C15H14N4OS. The third-order valence-corrected chi connectivity index (χ3v) is 4.38. The first kappa shape index (κ1) is 13.5. The van der Waals surface area contributed by atoms with Gasteiger partial charge in [-0.1, -0.05) is 0 Å². The molecule has 0 saturated heterocycles. The van der Waals surface area contributed by atoms with Gasteiger partial charge in [-0.05, 0) is 36.6 Å². The van der Waals surface area contributed by atoms with Crippen molar-refractivity contribution in [1.29, 1.82) is 5.26 Å². The van der Waals surface area contributed by atoms with E-state index in [0.717, 1.165) is 16.8 Å². The molecule has 2 N–H and O–H groups in total. The van der Waals surface area contributed by atoms with Gasteiger partial charge < -0.3 is 10.1 Å². The molecule has 0 bridgehead atoms. The fourth-order valence-corrected chi connectivity index (χ4v) is 3.14. The predicted octanol–water partition coefficient (Wildman–Crippen LogP) is 3.43. The number of methoxy groups -OCH3 is 1. The molecule has 2 heterocycles. The van der Waals surface area contributed by atoms with Crippen LogP contribution in [0.2, 0.25) is 0 Å². The first-order valence-electron chi connectivity index (χ1n) is 6.46. The normalized spacial score (nSPS) is 10.5. The Kier molecular flexibility index (Phi) is 3.50. The highest BCUT2D eigenvalue weighted by Crippen LogP contribution is 2.29. The largest absolute Gasteiger partial charge is 0.497 e. The molecule has 0 aliphatic rings. The summed E-state index contributed by atoms with van der Waals surface area (Å²) >= 11 is 1.72. The summed E-state index contributed by atoms with van der Waals surface area (Å²) in [5, 5.41) is 20.4. The summed E-state index contributed by atoms with van der Waals surface area (Å²) in [6, 6.07) is 10.3. The number of benzene rings is 1. The quantitative estimate of drug-likeness (QED) is 0.774. The van der Waals surface area contributed by atoms with Crippen LogP contribution in [0, 0.1) is 18.3 Å². The number of nitrogens with one attached hydrogen (secondary N) is 2. The Hall–Kier alpha value is -2.52. The summed E-state index contributed by atoms with van der Waals surface area (Å²) in [5.41, 5.74) is 1.35. The van der Waals surface area contributed by atoms with Gasteiger partial charge in [-0.15, -0.1) is 11.3 Å². The minimum atomic E-state index is 0.567. The van der Waals surface area contributed by atoms with Crippen LogP contribution in [-0.4, -0.2) is 17.3 Å². The Bertz CT molecular complexity index is 828. The van der Waals surface area contributed by atoms with E-state index < -0.39 is 0 Å². The fourth-order valence-electron chi connectivity index (χ4n) is 2.16. The number of anilines is 1. The van der Waals surface area contributed by atoms with Crippen LogP contribution >= 0.6 is 11.3 Å². The first-order valence-corrected chi connectivity index (χ1v) is 7.28. The number of H-pyrrole nitrogens is 1. The molecule has 106 valence electrons. The van der Waals surface area contributed by atoms with E-state index >= 15 is 0 Å². The topological polar surface area (TPSA) is 73.7 Å². The van der Waals surface area contributed by atoms with Crippen molar-refractivity contribution in [3.63, 3.8) is 0 Å². The number of aromatic amines is 1. The smallest absolute Gasteiger partial charge is 0.166 e. The molecule has 0 aliphatic heterocycles. The fraction of sp³-hybridized carbons (Fsp3) is 0.200. The van der Waals surface area contributed by atoms with E-state index in [1.807, 2.05) is 19.1 Å². The zero-order chi connectivity index (χ0) is 14.8. The van der Waals surface area contributed by atoms with Crippen LogP contribution in [0.25, 0.3) is 10.1 Å². The third kappa shape index (κ3) is 2.56. The van der Waals surface area contributed by atoms with Gasteiger partial charge in [0.2, 0.25) is 0 Å². The summed E-state index contributed by atoms with van der Waals surface area (Å²) in [5.74, 6) is 1.46. The number of nitriles is 1. The van der Waals surface area contributed by atoms with Crippen LogP contribution in [0.3, 0.4) is 0 Å². The van der Waals surface area contributed by atoms with E-state index in [-0.39, 0.29) is 0 Å². The van der Waals surface area contributed by atoms with Gasteiger partial charge in [-0.2, -0.15) is 10.4 Å². The summed E-state index contributed by atoms with van der Waals surface area (Å²) in [7, 11) is 1.67. The molecular weight excluding hydrogens is 284 g/mol. The van der Waals surface area contributed by atoms with E-state index in [2.05, 4.69) is 33.7 Å². The maximum atomic E-state index is 9.10. The van der Waals surface area contributed by atoms with Crippen LogP contribution in [-0.2, 0) is 6.54 Å². The SMILES string of the molecule is COc1ccc2sc(CNc3n[nH]c(C)c3C#N)cc2c1. The Labute approximate surface area is 126 Å². The average Bonchev–Trinajstić information content (AvgIpc) is 3.06.